The van der Waals surface area contributed by atoms with Gasteiger partial charge in [-0.15, -0.1) is 0 Å². The van der Waals surface area contributed by atoms with Crippen molar-refractivity contribution in [3.63, 3.8) is 0 Å². The lowest BCUT2D eigenvalue weighted by Crippen LogP contribution is -2.44. The first-order valence-corrected chi connectivity index (χ1v) is 8.91. The van der Waals surface area contributed by atoms with Gasteiger partial charge in [0.2, 0.25) is 0 Å². The predicted octanol–water partition coefficient (Wildman–Crippen LogP) is 2.56. The van der Waals surface area contributed by atoms with Gasteiger partial charge >= 0.3 is 0 Å². The van der Waals surface area contributed by atoms with E-state index in [1.165, 1.54) is 11.1 Å². The highest BCUT2D eigenvalue weighted by Gasteiger charge is 2.20. The van der Waals surface area contributed by atoms with E-state index in [4.69, 9.17) is 4.98 Å². The molecule has 1 aliphatic heterocycles. The van der Waals surface area contributed by atoms with E-state index in [0.717, 1.165) is 59.5 Å². The third-order valence-electron chi connectivity index (χ3n) is 5.32. The summed E-state index contributed by atoms with van der Waals surface area (Å²) in [4.78, 5) is 9.78. The van der Waals surface area contributed by atoms with Crippen LogP contribution in [0.25, 0.3) is 33.1 Å². The monoisotopic (exact) mass is 347 g/mol. The minimum absolute atomic E-state index is 0.959. The van der Waals surface area contributed by atoms with Gasteiger partial charge in [-0.05, 0) is 32.2 Å². The van der Waals surface area contributed by atoms with Crippen molar-refractivity contribution in [3.05, 3.63) is 36.3 Å². The largest absolute Gasteiger partial charge is 0.368 e. The molecule has 4 aromatic rings. The number of pyridine rings is 1. The highest BCUT2D eigenvalue weighted by atomic mass is 15.2. The lowest BCUT2D eigenvalue weighted by molar-refractivity contribution is 0.313. The number of benzene rings is 1. The van der Waals surface area contributed by atoms with Crippen molar-refractivity contribution >= 4 is 27.5 Å². The Kier molecular flexibility index (Phi) is 3.43. The topological polar surface area (TPSA) is 76.7 Å². The van der Waals surface area contributed by atoms with Crippen LogP contribution in [0.4, 0.5) is 5.69 Å². The van der Waals surface area contributed by atoms with Crippen molar-refractivity contribution in [2.75, 3.05) is 38.1 Å². The Hall–Kier alpha value is -2.93. The summed E-state index contributed by atoms with van der Waals surface area (Å²) in [7, 11) is 2.18. The van der Waals surface area contributed by atoms with Crippen molar-refractivity contribution in [1.29, 1.82) is 0 Å². The van der Waals surface area contributed by atoms with Crippen LogP contribution < -0.4 is 4.90 Å². The Morgan fingerprint density at radius 2 is 1.81 bits per heavy atom. The maximum Gasteiger partial charge on any atom is 0.0764 e. The van der Waals surface area contributed by atoms with Crippen LogP contribution in [0.15, 0.2) is 30.6 Å². The van der Waals surface area contributed by atoms with E-state index in [0.29, 0.717) is 0 Å². The molecule has 26 heavy (non-hydrogen) atoms. The van der Waals surface area contributed by atoms with E-state index in [-0.39, 0.29) is 0 Å². The summed E-state index contributed by atoms with van der Waals surface area (Å²) in [5.74, 6) is 0. The molecule has 7 heteroatoms. The zero-order chi connectivity index (χ0) is 17.7. The molecule has 132 valence electrons. The second-order valence-electron chi connectivity index (χ2n) is 7.02. The lowest BCUT2D eigenvalue weighted by atomic mass is 10.0. The molecule has 1 aromatic carbocycles. The van der Waals surface area contributed by atoms with Crippen LogP contribution in [-0.2, 0) is 0 Å². The summed E-state index contributed by atoms with van der Waals surface area (Å²) in [6.45, 7) is 6.17. The van der Waals surface area contributed by atoms with Crippen LogP contribution in [0.5, 0.6) is 0 Å². The molecular formula is C19H21N7. The van der Waals surface area contributed by atoms with Gasteiger partial charge in [-0.2, -0.15) is 10.2 Å². The second-order valence-corrected chi connectivity index (χ2v) is 7.02. The molecule has 0 bridgehead atoms. The van der Waals surface area contributed by atoms with E-state index < -0.39 is 0 Å². The second kappa shape index (κ2) is 5.81. The van der Waals surface area contributed by atoms with Gasteiger partial charge in [0.1, 0.15) is 0 Å². The van der Waals surface area contributed by atoms with Crippen LogP contribution >= 0.6 is 0 Å². The normalized spacial score (nSPS) is 16.0. The van der Waals surface area contributed by atoms with E-state index in [1.807, 2.05) is 19.3 Å². The highest BCUT2D eigenvalue weighted by molar-refractivity contribution is 6.12. The molecule has 4 heterocycles. The molecule has 5 rings (SSSR count). The standard InChI is InChI=1S/C19H21N7/c1-12-13(10-20-23-12)17-9-18(26-7-5-25(2)6-8-26)19-14-11-21-24-15(14)3-4-16(19)22-17/h3-4,9-11H,5-8H2,1-2H3,(H,20,23)(H,21,24). The number of nitrogens with one attached hydrogen (secondary N) is 2. The molecule has 0 radical (unpaired) electrons. The number of anilines is 1. The number of aromatic nitrogens is 5. The fraction of sp³-hybridized carbons (Fsp3) is 0.316. The number of likely N-dealkylation sites (N-methyl/N-ethyl adjacent to an activating group) is 1. The third-order valence-corrected chi connectivity index (χ3v) is 5.32. The number of piperazine rings is 1. The molecule has 2 N–H and O–H groups in total. The number of aryl methyl sites for hydroxylation is 1. The minimum Gasteiger partial charge on any atom is -0.368 e. The Morgan fingerprint density at radius 3 is 2.58 bits per heavy atom. The molecule has 0 atom stereocenters. The van der Waals surface area contributed by atoms with Gasteiger partial charge in [-0.3, -0.25) is 10.2 Å². The van der Waals surface area contributed by atoms with E-state index in [1.54, 1.807) is 0 Å². The Balaban J connectivity index is 1.77. The van der Waals surface area contributed by atoms with E-state index in [2.05, 4.69) is 55.4 Å². The van der Waals surface area contributed by atoms with Gasteiger partial charge in [-0.1, -0.05) is 0 Å². The van der Waals surface area contributed by atoms with Gasteiger partial charge in [-0.25, -0.2) is 4.98 Å². The molecule has 0 saturated carbocycles. The van der Waals surface area contributed by atoms with Crippen LogP contribution in [0.1, 0.15) is 5.69 Å². The minimum atomic E-state index is 0.959. The number of nitrogens with zero attached hydrogens (tertiary/aromatic N) is 5. The Morgan fingerprint density at radius 1 is 1.00 bits per heavy atom. The van der Waals surface area contributed by atoms with Crippen molar-refractivity contribution < 1.29 is 0 Å². The fourth-order valence-electron chi connectivity index (χ4n) is 3.78. The van der Waals surface area contributed by atoms with Crippen LogP contribution in [-0.4, -0.2) is 63.5 Å². The average molecular weight is 347 g/mol. The summed E-state index contributed by atoms with van der Waals surface area (Å²) in [6, 6.07) is 6.34. The Labute approximate surface area is 151 Å². The number of fused-ring (bicyclic) bond motifs is 3. The molecule has 0 unspecified atom stereocenters. The molecule has 1 saturated heterocycles. The first-order valence-electron chi connectivity index (χ1n) is 8.91. The van der Waals surface area contributed by atoms with E-state index >= 15 is 0 Å². The molecule has 0 amide bonds. The molecule has 3 aromatic heterocycles. The van der Waals surface area contributed by atoms with E-state index in [9.17, 15) is 0 Å². The summed E-state index contributed by atoms with van der Waals surface area (Å²) >= 11 is 0. The lowest BCUT2D eigenvalue weighted by Gasteiger charge is -2.35. The number of aromatic amines is 2. The summed E-state index contributed by atoms with van der Waals surface area (Å²) in [5.41, 5.74) is 6.30. The summed E-state index contributed by atoms with van der Waals surface area (Å²) in [6.07, 6.45) is 3.76. The third kappa shape index (κ3) is 2.35. The number of rotatable bonds is 2. The maximum absolute atomic E-state index is 4.94. The molecule has 0 aliphatic carbocycles. The molecule has 0 spiro atoms. The fourth-order valence-corrected chi connectivity index (χ4v) is 3.78. The Bertz CT molecular complexity index is 1090. The van der Waals surface area contributed by atoms with Gasteiger partial charge in [0.05, 0.1) is 29.1 Å². The highest BCUT2D eigenvalue weighted by Crippen LogP contribution is 2.36. The van der Waals surface area contributed by atoms with Crippen molar-refractivity contribution in [2.45, 2.75) is 6.92 Å². The molecule has 7 nitrogen and oxygen atoms in total. The van der Waals surface area contributed by atoms with Gasteiger partial charge in [0.25, 0.3) is 0 Å². The van der Waals surface area contributed by atoms with Gasteiger partial charge in [0.15, 0.2) is 0 Å². The van der Waals surface area contributed by atoms with Crippen LogP contribution in [0.3, 0.4) is 0 Å². The van der Waals surface area contributed by atoms with Crippen molar-refractivity contribution in [2.24, 2.45) is 0 Å². The SMILES string of the molecule is Cc1[nH]ncc1-c1cc(N2CCN(C)CC2)c2c(ccc3[nH]ncc32)n1. The van der Waals surface area contributed by atoms with Crippen molar-refractivity contribution in [3.8, 4) is 11.3 Å². The first-order chi connectivity index (χ1) is 12.7. The number of hydrogen-bond donors (Lipinski definition) is 2. The van der Waals surface area contributed by atoms with Gasteiger partial charge < -0.3 is 9.80 Å². The van der Waals surface area contributed by atoms with Gasteiger partial charge in [0, 0.05) is 53.9 Å². The van der Waals surface area contributed by atoms with Crippen molar-refractivity contribution in [1.82, 2.24) is 30.3 Å². The molecule has 1 fully saturated rings. The number of H-pyrrole nitrogens is 2. The average Bonchev–Trinajstić information content (AvgIpc) is 3.30. The first kappa shape index (κ1) is 15.3. The summed E-state index contributed by atoms with van der Waals surface area (Å²) in [5, 5.41) is 16.8. The quantitative estimate of drug-likeness (QED) is 0.583. The van der Waals surface area contributed by atoms with Crippen LogP contribution in [0, 0.1) is 6.92 Å². The smallest absolute Gasteiger partial charge is 0.0764 e. The molecule has 1 aliphatic rings. The van der Waals surface area contributed by atoms with Crippen LogP contribution in [0.2, 0.25) is 0 Å². The number of hydrogen-bond acceptors (Lipinski definition) is 5. The summed E-state index contributed by atoms with van der Waals surface area (Å²) < 4.78 is 0. The predicted molar refractivity (Wildman–Crippen MR) is 103 cm³/mol. The maximum atomic E-state index is 4.94. The zero-order valence-corrected chi connectivity index (χ0v) is 15.0. The zero-order valence-electron chi connectivity index (χ0n) is 15.0. The molecular weight excluding hydrogens is 326 g/mol.